The maximum absolute atomic E-state index is 4.62. The molecule has 0 saturated carbocycles. The zero-order valence-electron chi connectivity index (χ0n) is 10.6. The number of nitrogens with one attached hydrogen (secondary N) is 1. The van der Waals surface area contributed by atoms with E-state index in [0.29, 0.717) is 0 Å². The fourth-order valence-electron chi connectivity index (χ4n) is 2.32. The molecule has 1 aromatic rings. The molecule has 2 heterocycles. The molecule has 1 N–H and O–H groups in total. The van der Waals surface area contributed by atoms with Crippen LogP contribution in [0.2, 0.25) is 0 Å². The molecule has 0 amide bonds. The average Bonchev–Trinajstić information content (AvgIpc) is 2.89. The topological polar surface area (TPSA) is 28.2 Å². The highest BCUT2D eigenvalue weighted by Gasteiger charge is 2.22. The van der Waals surface area contributed by atoms with E-state index in [1.54, 1.807) is 11.3 Å². The Labute approximate surface area is 114 Å². The number of aromatic nitrogens is 1. The summed E-state index contributed by atoms with van der Waals surface area (Å²) < 4.78 is 0. The first-order valence-electron chi connectivity index (χ1n) is 6.12. The smallest absolute Gasteiger partial charge is 0.0926 e. The minimum Gasteiger partial charge on any atom is -0.319 e. The Hall–Kier alpha value is -0.160. The lowest BCUT2D eigenvalue weighted by Crippen LogP contribution is -2.24. The van der Waals surface area contributed by atoms with Crippen LogP contribution < -0.4 is 5.32 Å². The molecule has 17 heavy (non-hydrogen) atoms. The van der Waals surface area contributed by atoms with Crippen molar-refractivity contribution >= 4 is 23.7 Å². The highest BCUT2D eigenvalue weighted by Crippen LogP contribution is 2.19. The number of thiazole rings is 1. The molecule has 1 aliphatic heterocycles. The Balaban J connectivity index is 0.00000144. The van der Waals surface area contributed by atoms with Crippen molar-refractivity contribution in [1.29, 1.82) is 0 Å². The molecule has 0 bridgehead atoms. The largest absolute Gasteiger partial charge is 0.319 e. The zero-order valence-corrected chi connectivity index (χ0v) is 12.2. The second-order valence-electron chi connectivity index (χ2n) is 4.53. The summed E-state index contributed by atoms with van der Waals surface area (Å²) in [4.78, 5) is 7.15. The Morgan fingerprint density at radius 1 is 1.59 bits per heavy atom. The molecule has 0 aliphatic carbocycles. The van der Waals surface area contributed by atoms with Crippen molar-refractivity contribution in [2.24, 2.45) is 5.92 Å². The first-order valence-corrected chi connectivity index (χ1v) is 7.00. The number of hydrogen-bond acceptors (Lipinski definition) is 4. The van der Waals surface area contributed by atoms with Crippen LogP contribution in [0.15, 0.2) is 5.38 Å². The van der Waals surface area contributed by atoms with Crippen LogP contribution in [0, 0.1) is 5.92 Å². The predicted octanol–water partition coefficient (Wildman–Crippen LogP) is 2.17. The van der Waals surface area contributed by atoms with E-state index in [-0.39, 0.29) is 12.4 Å². The van der Waals surface area contributed by atoms with Gasteiger partial charge in [-0.3, -0.25) is 4.90 Å². The zero-order chi connectivity index (χ0) is 11.4. The molecule has 0 aromatic carbocycles. The number of hydrogen-bond donors (Lipinski definition) is 1. The van der Waals surface area contributed by atoms with E-state index in [9.17, 15) is 0 Å². The van der Waals surface area contributed by atoms with Gasteiger partial charge in [-0.25, -0.2) is 4.98 Å². The number of halogens is 1. The van der Waals surface area contributed by atoms with Gasteiger partial charge >= 0.3 is 0 Å². The number of nitrogens with zero attached hydrogens (tertiary/aromatic N) is 2. The maximum atomic E-state index is 4.62. The molecule has 1 aliphatic rings. The van der Waals surface area contributed by atoms with Crippen LogP contribution in [-0.4, -0.2) is 36.6 Å². The van der Waals surface area contributed by atoms with Gasteiger partial charge in [0, 0.05) is 18.5 Å². The van der Waals surface area contributed by atoms with Gasteiger partial charge in [-0.15, -0.1) is 23.7 Å². The third-order valence-corrected chi connectivity index (χ3v) is 4.19. The van der Waals surface area contributed by atoms with Crippen molar-refractivity contribution in [2.45, 2.75) is 26.3 Å². The van der Waals surface area contributed by atoms with Gasteiger partial charge in [0.25, 0.3) is 0 Å². The molecule has 1 unspecified atom stereocenters. The van der Waals surface area contributed by atoms with E-state index in [0.717, 1.165) is 25.4 Å². The summed E-state index contributed by atoms with van der Waals surface area (Å²) in [6.45, 7) is 6.80. The molecular weight excluding hydrogens is 254 g/mol. The van der Waals surface area contributed by atoms with E-state index in [4.69, 9.17) is 0 Å². The van der Waals surface area contributed by atoms with Crippen molar-refractivity contribution in [3.8, 4) is 0 Å². The minimum absolute atomic E-state index is 0. The fraction of sp³-hybridized carbons (Fsp3) is 0.750. The number of aryl methyl sites for hydroxylation is 1. The highest BCUT2D eigenvalue weighted by molar-refractivity contribution is 7.09. The molecule has 2 rings (SSSR count). The fourth-order valence-corrected chi connectivity index (χ4v) is 3.06. The van der Waals surface area contributed by atoms with Gasteiger partial charge in [0.05, 0.1) is 10.7 Å². The normalized spacial score (nSPS) is 20.5. The maximum Gasteiger partial charge on any atom is 0.0926 e. The Kier molecular flexibility index (Phi) is 6.41. The van der Waals surface area contributed by atoms with Crippen LogP contribution in [0.3, 0.4) is 0 Å². The van der Waals surface area contributed by atoms with E-state index in [2.05, 4.69) is 27.5 Å². The molecule has 5 heteroatoms. The first kappa shape index (κ1) is 14.9. The summed E-state index contributed by atoms with van der Waals surface area (Å²) in [5.41, 5.74) is 1.26. The van der Waals surface area contributed by atoms with Crippen molar-refractivity contribution < 1.29 is 0 Å². The van der Waals surface area contributed by atoms with Crippen molar-refractivity contribution in [3.05, 3.63) is 16.1 Å². The van der Waals surface area contributed by atoms with Crippen molar-refractivity contribution in [3.63, 3.8) is 0 Å². The van der Waals surface area contributed by atoms with Gasteiger partial charge in [0.2, 0.25) is 0 Å². The summed E-state index contributed by atoms with van der Waals surface area (Å²) in [7, 11) is 2.04. The third kappa shape index (κ3) is 4.21. The molecule has 0 radical (unpaired) electrons. The Bertz CT molecular complexity index is 329. The quantitative estimate of drug-likeness (QED) is 0.893. The third-order valence-electron chi connectivity index (χ3n) is 3.15. The second-order valence-corrected chi connectivity index (χ2v) is 5.48. The van der Waals surface area contributed by atoms with Gasteiger partial charge in [0.1, 0.15) is 0 Å². The van der Waals surface area contributed by atoms with Crippen LogP contribution >= 0.6 is 23.7 Å². The van der Waals surface area contributed by atoms with Crippen molar-refractivity contribution in [2.75, 3.05) is 26.7 Å². The van der Waals surface area contributed by atoms with Crippen LogP contribution in [-0.2, 0) is 13.0 Å². The SMILES string of the molecule is CCc1nc(CN2CCC(CNC)C2)cs1.Cl. The van der Waals surface area contributed by atoms with Gasteiger partial charge in [-0.1, -0.05) is 6.92 Å². The number of rotatable bonds is 5. The lowest BCUT2D eigenvalue weighted by Gasteiger charge is -2.14. The Morgan fingerprint density at radius 3 is 3.06 bits per heavy atom. The summed E-state index contributed by atoms with van der Waals surface area (Å²) in [6.07, 6.45) is 2.39. The number of likely N-dealkylation sites (tertiary alicyclic amines) is 1. The summed E-state index contributed by atoms with van der Waals surface area (Å²) in [6, 6.07) is 0. The molecule has 1 fully saturated rings. The van der Waals surface area contributed by atoms with Crippen LogP contribution in [0.25, 0.3) is 0 Å². The summed E-state index contributed by atoms with van der Waals surface area (Å²) >= 11 is 1.79. The summed E-state index contributed by atoms with van der Waals surface area (Å²) in [5.74, 6) is 0.828. The van der Waals surface area contributed by atoms with Crippen molar-refractivity contribution in [1.82, 2.24) is 15.2 Å². The van der Waals surface area contributed by atoms with Crippen LogP contribution in [0.1, 0.15) is 24.0 Å². The van der Waals surface area contributed by atoms with E-state index < -0.39 is 0 Å². The van der Waals surface area contributed by atoms with Crippen LogP contribution in [0.5, 0.6) is 0 Å². The van der Waals surface area contributed by atoms with Gasteiger partial charge in [0.15, 0.2) is 0 Å². The molecule has 1 aromatic heterocycles. The first-order chi connectivity index (χ1) is 7.81. The molecule has 98 valence electrons. The van der Waals surface area contributed by atoms with Gasteiger partial charge in [-0.2, -0.15) is 0 Å². The molecular formula is C12H22ClN3S. The standard InChI is InChI=1S/C12H21N3S.ClH/c1-3-12-14-11(9-16-12)8-15-5-4-10(7-15)6-13-2;/h9-10,13H,3-8H2,1-2H3;1H. The predicted molar refractivity (Wildman–Crippen MR) is 76.1 cm³/mol. The van der Waals surface area contributed by atoms with Crippen LogP contribution in [0.4, 0.5) is 0 Å². The molecule has 3 nitrogen and oxygen atoms in total. The molecule has 1 saturated heterocycles. The molecule has 1 atom stereocenters. The lowest BCUT2D eigenvalue weighted by atomic mass is 10.1. The Morgan fingerprint density at radius 2 is 2.41 bits per heavy atom. The lowest BCUT2D eigenvalue weighted by molar-refractivity contribution is 0.312. The van der Waals surface area contributed by atoms with E-state index >= 15 is 0 Å². The average molecular weight is 276 g/mol. The van der Waals surface area contributed by atoms with Gasteiger partial charge < -0.3 is 5.32 Å². The highest BCUT2D eigenvalue weighted by atomic mass is 35.5. The minimum atomic E-state index is 0. The summed E-state index contributed by atoms with van der Waals surface area (Å²) in [5, 5.41) is 6.74. The second kappa shape index (κ2) is 7.31. The van der Waals surface area contributed by atoms with Gasteiger partial charge in [-0.05, 0) is 38.9 Å². The van der Waals surface area contributed by atoms with E-state index in [1.807, 2.05) is 7.05 Å². The van der Waals surface area contributed by atoms with E-state index in [1.165, 1.54) is 30.2 Å². The monoisotopic (exact) mass is 275 g/mol. The molecule has 0 spiro atoms.